The van der Waals surface area contributed by atoms with Crippen LogP contribution in [-0.2, 0) is 0 Å². The summed E-state index contributed by atoms with van der Waals surface area (Å²) in [4.78, 5) is 1.12. The molecule has 2 rings (SSSR count). The predicted octanol–water partition coefficient (Wildman–Crippen LogP) is 4.10. The third-order valence-electron chi connectivity index (χ3n) is 1.85. The summed E-state index contributed by atoms with van der Waals surface area (Å²) in [6, 6.07) is 4.32. The minimum atomic E-state index is 1.12. The maximum absolute atomic E-state index is 4.48. The topological polar surface area (TPSA) is 0 Å². The molecule has 0 unspecified atom stereocenters. The lowest BCUT2D eigenvalue weighted by Crippen LogP contribution is -1.79. The standard InChI is InChI=1S/C9H7IS2/c1-5-4-7(10)9-6(8(5)11)2-3-12-9/h2-4,11H,1H3. The first-order chi connectivity index (χ1) is 5.70. The molecule has 0 aliphatic rings. The summed E-state index contributed by atoms with van der Waals surface area (Å²) in [6.45, 7) is 2.10. The number of benzene rings is 1. The fourth-order valence-corrected chi connectivity index (χ4v) is 3.49. The van der Waals surface area contributed by atoms with Crippen LogP contribution in [0.5, 0.6) is 0 Å². The molecule has 0 aliphatic carbocycles. The normalized spacial score (nSPS) is 10.9. The number of hydrogen-bond donors (Lipinski definition) is 1. The van der Waals surface area contributed by atoms with Crippen LogP contribution in [0.25, 0.3) is 10.1 Å². The third-order valence-corrected chi connectivity index (χ3v) is 4.61. The van der Waals surface area contributed by atoms with Crippen LogP contribution in [0, 0.1) is 10.5 Å². The minimum Gasteiger partial charge on any atom is -0.143 e. The van der Waals surface area contributed by atoms with E-state index in [-0.39, 0.29) is 0 Å². The van der Waals surface area contributed by atoms with Crippen molar-refractivity contribution in [2.75, 3.05) is 0 Å². The van der Waals surface area contributed by atoms with Crippen LogP contribution in [0.15, 0.2) is 22.4 Å². The van der Waals surface area contributed by atoms with Crippen molar-refractivity contribution in [3.05, 3.63) is 26.6 Å². The van der Waals surface area contributed by atoms with Gasteiger partial charge in [0.2, 0.25) is 0 Å². The second-order valence-corrected chi connectivity index (χ2v) is 5.21. The number of aryl methyl sites for hydroxylation is 1. The second-order valence-electron chi connectivity index (χ2n) is 2.69. The van der Waals surface area contributed by atoms with E-state index >= 15 is 0 Å². The Kier molecular flexibility index (Phi) is 2.35. The average Bonchev–Trinajstić information content (AvgIpc) is 2.48. The smallest absolute Gasteiger partial charge is 0.0487 e. The third kappa shape index (κ3) is 1.28. The first kappa shape index (κ1) is 8.84. The highest BCUT2D eigenvalue weighted by molar-refractivity contribution is 14.1. The van der Waals surface area contributed by atoms with Crippen LogP contribution in [-0.4, -0.2) is 0 Å². The Hall–Kier alpha value is 0.260. The van der Waals surface area contributed by atoms with Crippen LogP contribution >= 0.6 is 46.6 Å². The Morgan fingerprint density at radius 2 is 2.25 bits per heavy atom. The van der Waals surface area contributed by atoms with Gasteiger partial charge in [0.05, 0.1) is 0 Å². The molecule has 1 aromatic heterocycles. The van der Waals surface area contributed by atoms with Gasteiger partial charge in [-0.3, -0.25) is 0 Å². The zero-order chi connectivity index (χ0) is 8.72. The van der Waals surface area contributed by atoms with Crippen molar-refractivity contribution < 1.29 is 0 Å². The van der Waals surface area contributed by atoms with E-state index in [0.29, 0.717) is 0 Å². The van der Waals surface area contributed by atoms with Gasteiger partial charge < -0.3 is 0 Å². The van der Waals surface area contributed by atoms with Crippen molar-refractivity contribution in [1.82, 2.24) is 0 Å². The predicted molar refractivity (Wildman–Crippen MR) is 66.5 cm³/mol. The average molecular weight is 306 g/mol. The maximum atomic E-state index is 4.48. The number of thiol groups is 1. The van der Waals surface area contributed by atoms with Gasteiger partial charge >= 0.3 is 0 Å². The van der Waals surface area contributed by atoms with Gasteiger partial charge in [0, 0.05) is 18.6 Å². The van der Waals surface area contributed by atoms with E-state index in [1.165, 1.54) is 19.2 Å². The molecular weight excluding hydrogens is 299 g/mol. The molecule has 0 saturated heterocycles. The van der Waals surface area contributed by atoms with Crippen LogP contribution in [0.3, 0.4) is 0 Å². The SMILES string of the molecule is Cc1cc(I)c2sccc2c1S. The summed E-state index contributed by atoms with van der Waals surface area (Å²) in [7, 11) is 0. The molecule has 62 valence electrons. The largest absolute Gasteiger partial charge is 0.143 e. The summed E-state index contributed by atoms with van der Waals surface area (Å²) in [6.07, 6.45) is 0. The molecule has 0 amide bonds. The van der Waals surface area contributed by atoms with E-state index in [9.17, 15) is 0 Å². The molecule has 1 aromatic carbocycles. The van der Waals surface area contributed by atoms with E-state index in [1.807, 2.05) is 0 Å². The molecule has 3 heteroatoms. The summed E-state index contributed by atoms with van der Waals surface area (Å²) in [5, 5.41) is 3.40. The Bertz CT molecular complexity index is 431. The molecule has 0 radical (unpaired) electrons. The molecule has 0 spiro atoms. The molecule has 0 saturated carbocycles. The highest BCUT2D eigenvalue weighted by Crippen LogP contribution is 2.33. The number of thiophene rings is 1. The zero-order valence-corrected chi connectivity index (χ0v) is 10.3. The molecule has 12 heavy (non-hydrogen) atoms. The first-order valence-corrected chi connectivity index (χ1v) is 5.96. The lowest BCUT2D eigenvalue weighted by atomic mass is 10.2. The summed E-state index contributed by atoms with van der Waals surface area (Å²) in [5.41, 5.74) is 1.26. The van der Waals surface area contributed by atoms with Gasteiger partial charge in [0.15, 0.2) is 0 Å². The number of fused-ring (bicyclic) bond motifs is 1. The minimum absolute atomic E-state index is 1.12. The van der Waals surface area contributed by atoms with Crippen molar-refractivity contribution in [3.63, 3.8) is 0 Å². The lowest BCUT2D eigenvalue weighted by Gasteiger charge is -2.02. The van der Waals surface area contributed by atoms with Crippen molar-refractivity contribution in [2.24, 2.45) is 0 Å². The summed E-state index contributed by atoms with van der Waals surface area (Å²) in [5.74, 6) is 0. The second kappa shape index (κ2) is 3.20. The summed E-state index contributed by atoms with van der Waals surface area (Å²) < 4.78 is 2.68. The molecule has 0 bridgehead atoms. The summed E-state index contributed by atoms with van der Waals surface area (Å²) >= 11 is 8.63. The van der Waals surface area contributed by atoms with Crippen LogP contribution in [0.1, 0.15) is 5.56 Å². The van der Waals surface area contributed by atoms with Crippen molar-refractivity contribution in [2.45, 2.75) is 11.8 Å². The monoisotopic (exact) mass is 306 g/mol. The number of hydrogen-bond acceptors (Lipinski definition) is 2. The molecule has 1 heterocycles. The maximum Gasteiger partial charge on any atom is 0.0487 e. The number of rotatable bonds is 0. The fraction of sp³-hybridized carbons (Fsp3) is 0.111. The Morgan fingerprint density at radius 1 is 1.50 bits per heavy atom. The Balaban J connectivity index is 2.97. The lowest BCUT2D eigenvalue weighted by molar-refractivity contribution is 1.36. The van der Waals surface area contributed by atoms with Crippen molar-refractivity contribution >= 4 is 56.6 Å². The quantitative estimate of drug-likeness (QED) is 0.550. The highest BCUT2D eigenvalue weighted by Gasteiger charge is 2.05. The highest BCUT2D eigenvalue weighted by atomic mass is 127. The molecule has 0 nitrogen and oxygen atoms in total. The van der Waals surface area contributed by atoms with E-state index < -0.39 is 0 Å². The van der Waals surface area contributed by atoms with Gasteiger partial charge in [-0.25, -0.2) is 0 Å². The van der Waals surface area contributed by atoms with E-state index in [4.69, 9.17) is 0 Å². The molecule has 0 aliphatic heterocycles. The number of halogens is 1. The molecule has 0 fully saturated rings. The molecule has 0 atom stereocenters. The van der Waals surface area contributed by atoms with Gasteiger partial charge in [0.1, 0.15) is 0 Å². The first-order valence-electron chi connectivity index (χ1n) is 3.55. The van der Waals surface area contributed by atoms with Crippen molar-refractivity contribution in [3.8, 4) is 0 Å². The van der Waals surface area contributed by atoms with Crippen LogP contribution in [0.4, 0.5) is 0 Å². The van der Waals surface area contributed by atoms with Gasteiger partial charge in [0.25, 0.3) is 0 Å². The van der Waals surface area contributed by atoms with E-state index in [0.717, 1.165) is 4.90 Å². The van der Waals surface area contributed by atoms with Crippen LogP contribution in [0.2, 0.25) is 0 Å². The molecule has 2 aromatic rings. The van der Waals surface area contributed by atoms with Crippen molar-refractivity contribution in [1.29, 1.82) is 0 Å². The van der Waals surface area contributed by atoms with Gasteiger partial charge in [-0.1, -0.05) is 0 Å². The molecular formula is C9H7IS2. The van der Waals surface area contributed by atoms with E-state index in [2.05, 4.69) is 59.7 Å². The molecule has 0 N–H and O–H groups in total. The Labute approximate surface area is 94.5 Å². The Morgan fingerprint density at radius 3 is 3.00 bits per heavy atom. The van der Waals surface area contributed by atoms with Gasteiger partial charge in [-0.2, -0.15) is 0 Å². The van der Waals surface area contributed by atoms with Crippen LogP contribution < -0.4 is 0 Å². The van der Waals surface area contributed by atoms with Gasteiger partial charge in [-0.15, -0.1) is 24.0 Å². The fourth-order valence-electron chi connectivity index (χ4n) is 1.22. The van der Waals surface area contributed by atoms with E-state index in [1.54, 1.807) is 11.3 Å². The van der Waals surface area contributed by atoms with Gasteiger partial charge in [-0.05, 0) is 52.6 Å². The zero-order valence-electron chi connectivity index (χ0n) is 6.47.